The van der Waals surface area contributed by atoms with Gasteiger partial charge in [-0.2, -0.15) is 5.26 Å². The van der Waals surface area contributed by atoms with E-state index in [2.05, 4.69) is 13.0 Å². The van der Waals surface area contributed by atoms with Gasteiger partial charge in [-0.1, -0.05) is 38.3 Å². The monoisotopic (exact) mass is 379 g/mol. The highest BCUT2D eigenvalue weighted by Gasteiger charge is 2.26. The number of aromatic nitrogens is 2. The molecule has 3 aromatic rings. The maximum Gasteiger partial charge on any atom is 0.157 e. The van der Waals surface area contributed by atoms with Gasteiger partial charge in [0.05, 0.1) is 27.4 Å². The Hall–Kier alpha value is -2.19. The van der Waals surface area contributed by atoms with Crippen molar-refractivity contribution in [1.82, 2.24) is 9.38 Å². The Morgan fingerprint density at radius 3 is 2.70 bits per heavy atom. The van der Waals surface area contributed by atoms with Crippen LogP contribution in [-0.2, 0) is 23.6 Å². The quantitative estimate of drug-likeness (QED) is 0.467. The molecule has 1 aliphatic rings. The van der Waals surface area contributed by atoms with Crippen LogP contribution >= 0.6 is 0 Å². The SMILES string of the molecule is CCCCCS(=O)c1c2c(c(C#N)c3nc4ccccc4n13)CCCCC2. The molecule has 0 saturated heterocycles. The van der Waals surface area contributed by atoms with Gasteiger partial charge in [-0.25, -0.2) is 4.98 Å². The lowest BCUT2D eigenvalue weighted by molar-refractivity contribution is 0.668. The Kier molecular flexibility index (Phi) is 5.27. The van der Waals surface area contributed by atoms with Gasteiger partial charge in [0, 0.05) is 5.75 Å². The number of pyridine rings is 1. The summed E-state index contributed by atoms with van der Waals surface area (Å²) in [5.74, 6) is 0.674. The molecule has 140 valence electrons. The first-order chi connectivity index (χ1) is 13.3. The standard InChI is InChI=1S/C22H25N3OS/c1-2-3-9-14-27(26)22-17-11-6-4-5-10-16(17)18(15-23)21-24-19-12-7-8-13-20(19)25(21)22/h7-8,12-13H,2-6,9-11,14H2,1H3. The molecular formula is C22H25N3OS. The molecule has 5 heteroatoms. The van der Waals surface area contributed by atoms with Crippen LogP contribution in [0.1, 0.15) is 62.1 Å². The van der Waals surface area contributed by atoms with Crippen LogP contribution in [0.4, 0.5) is 0 Å². The molecule has 27 heavy (non-hydrogen) atoms. The second kappa shape index (κ2) is 7.82. The fraction of sp³-hybridized carbons (Fsp3) is 0.455. The molecule has 0 N–H and O–H groups in total. The van der Waals surface area contributed by atoms with Gasteiger partial charge in [0.25, 0.3) is 0 Å². The summed E-state index contributed by atoms with van der Waals surface area (Å²) < 4.78 is 15.5. The normalized spacial score (nSPS) is 15.4. The smallest absolute Gasteiger partial charge is 0.157 e. The van der Waals surface area contributed by atoms with Gasteiger partial charge < -0.3 is 0 Å². The molecular weight excluding hydrogens is 354 g/mol. The molecule has 0 radical (unpaired) electrons. The van der Waals surface area contributed by atoms with E-state index in [1.807, 2.05) is 28.7 Å². The molecule has 1 aliphatic carbocycles. The van der Waals surface area contributed by atoms with Crippen molar-refractivity contribution in [1.29, 1.82) is 5.26 Å². The second-order valence-corrected chi connectivity index (χ2v) is 8.81. The van der Waals surface area contributed by atoms with E-state index in [0.29, 0.717) is 17.0 Å². The highest BCUT2D eigenvalue weighted by atomic mass is 32.2. The minimum Gasteiger partial charge on any atom is -0.283 e. The fourth-order valence-corrected chi connectivity index (χ4v) is 5.75. The van der Waals surface area contributed by atoms with Crippen molar-refractivity contribution >= 4 is 27.5 Å². The second-order valence-electron chi connectivity index (χ2n) is 7.33. The first-order valence-corrected chi connectivity index (χ1v) is 11.3. The van der Waals surface area contributed by atoms with Gasteiger partial charge in [-0.15, -0.1) is 0 Å². The summed E-state index contributed by atoms with van der Waals surface area (Å²) in [4.78, 5) is 4.77. The Morgan fingerprint density at radius 2 is 1.93 bits per heavy atom. The van der Waals surface area contributed by atoms with E-state index in [0.717, 1.165) is 78.6 Å². The van der Waals surface area contributed by atoms with Gasteiger partial charge in [0.2, 0.25) is 0 Å². The molecule has 0 bridgehead atoms. The molecule has 0 saturated carbocycles. The molecule has 2 heterocycles. The highest BCUT2D eigenvalue weighted by molar-refractivity contribution is 7.85. The Labute approximate surface area is 162 Å². The van der Waals surface area contributed by atoms with Crippen molar-refractivity contribution in [3.05, 3.63) is 41.0 Å². The maximum absolute atomic E-state index is 13.4. The van der Waals surface area contributed by atoms with Gasteiger partial charge in [-0.3, -0.25) is 8.61 Å². The summed E-state index contributed by atoms with van der Waals surface area (Å²) in [5, 5.41) is 10.8. The third kappa shape index (κ3) is 3.17. The third-order valence-corrected chi connectivity index (χ3v) is 7.05. The topological polar surface area (TPSA) is 58.2 Å². The first-order valence-electron chi connectivity index (χ1n) is 9.99. The third-order valence-electron chi connectivity index (χ3n) is 5.53. The summed E-state index contributed by atoms with van der Waals surface area (Å²) in [7, 11) is -1.09. The van der Waals surface area contributed by atoms with E-state index in [-0.39, 0.29) is 0 Å². The van der Waals surface area contributed by atoms with Crippen LogP contribution in [0, 0.1) is 11.3 Å². The zero-order valence-corrected chi connectivity index (χ0v) is 16.6. The highest BCUT2D eigenvalue weighted by Crippen LogP contribution is 2.34. The van der Waals surface area contributed by atoms with Crippen LogP contribution in [-0.4, -0.2) is 19.3 Å². The first kappa shape index (κ1) is 18.2. The molecule has 1 unspecified atom stereocenters. The zero-order valence-electron chi connectivity index (χ0n) is 15.8. The van der Waals surface area contributed by atoms with Crippen LogP contribution in [0.25, 0.3) is 16.7 Å². The van der Waals surface area contributed by atoms with Gasteiger partial charge in [0.1, 0.15) is 11.1 Å². The number of hydrogen-bond donors (Lipinski definition) is 0. The van der Waals surface area contributed by atoms with E-state index in [1.54, 1.807) is 0 Å². The van der Waals surface area contributed by atoms with Crippen molar-refractivity contribution in [3.8, 4) is 6.07 Å². The zero-order chi connectivity index (χ0) is 18.8. The predicted molar refractivity (Wildman–Crippen MR) is 109 cm³/mol. The number of imidazole rings is 1. The van der Waals surface area contributed by atoms with Crippen LogP contribution in [0.5, 0.6) is 0 Å². The molecule has 0 amide bonds. The maximum atomic E-state index is 13.4. The van der Waals surface area contributed by atoms with Gasteiger partial charge in [-0.05, 0) is 55.4 Å². The lowest BCUT2D eigenvalue weighted by Gasteiger charge is -2.17. The number of benzene rings is 1. The van der Waals surface area contributed by atoms with E-state index in [9.17, 15) is 9.47 Å². The minimum atomic E-state index is -1.09. The Morgan fingerprint density at radius 1 is 1.15 bits per heavy atom. The average Bonchev–Trinajstić information content (AvgIpc) is 2.89. The molecule has 0 fully saturated rings. The summed E-state index contributed by atoms with van der Waals surface area (Å²) in [5.41, 5.74) is 5.41. The number of nitriles is 1. The summed E-state index contributed by atoms with van der Waals surface area (Å²) in [6, 6.07) is 10.4. The summed E-state index contributed by atoms with van der Waals surface area (Å²) in [6.45, 7) is 2.16. The number of hydrogen-bond acceptors (Lipinski definition) is 3. The molecule has 0 aliphatic heterocycles. The molecule has 1 atom stereocenters. The van der Waals surface area contributed by atoms with Crippen LogP contribution in [0.2, 0.25) is 0 Å². The Bertz CT molecular complexity index is 1060. The molecule has 4 nitrogen and oxygen atoms in total. The number of para-hydroxylation sites is 2. The lowest BCUT2D eigenvalue weighted by Crippen LogP contribution is -2.13. The van der Waals surface area contributed by atoms with Crippen molar-refractivity contribution in [3.63, 3.8) is 0 Å². The van der Waals surface area contributed by atoms with E-state index in [4.69, 9.17) is 4.98 Å². The van der Waals surface area contributed by atoms with E-state index in [1.165, 1.54) is 0 Å². The van der Waals surface area contributed by atoms with Crippen molar-refractivity contribution in [2.45, 2.75) is 63.3 Å². The number of unbranched alkanes of at least 4 members (excludes halogenated alkanes) is 2. The van der Waals surface area contributed by atoms with E-state index < -0.39 is 10.8 Å². The fourth-order valence-electron chi connectivity index (χ4n) is 4.20. The van der Waals surface area contributed by atoms with E-state index >= 15 is 0 Å². The molecule has 1 aromatic carbocycles. The summed E-state index contributed by atoms with van der Waals surface area (Å²) >= 11 is 0. The van der Waals surface area contributed by atoms with Gasteiger partial charge in [0.15, 0.2) is 5.65 Å². The number of fused-ring (bicyclic) bond motifs is 4. The lowest BCUT2D eigenvalue weighted by atomic mass is 10.00. The van der Waals surface area contributed by atoms with Crippen molar-refractivity contribution in [2.75, 3.05) is 5.75 Å². The summed E-state index contributed by atoms with van der Waals surface area (Å²) in [6.07, 6.45) is 8.30. The van der Waals surface area contributed by atoms with Gasteiger partial charge >= 0.3 is 0 Å². The predicted octanol–water partition coefficient (Wildman–Crippen LogP) is 4.93. The molecule has 0 spiro atoms. The number of rotatable bonds is 5. The largest absolute Gasteiger partial charge is 0.283 e. The van der Waals surface area contributed by atoms with Crippen molar-refractivity contribution in [2.24, 2.45) is 0 Å². The average molecular weight is 380 g/mol. The van der Waals surface area contributed by atoms with Crippen LogP contribution < -0.4 is 0 Å². The Balaban J connectivity index is 2.04. The minimum absolute atomic E-state index is 0.674. The van der Waals surface area contributed by atoms with Crippen LogP contribution in [0.15, 0.2) is 29.3 Å². The van der Waals surface area contributed by atoms with Crippen molar-refractivity contribution < 1.29 is 4.21 Å². The number of nitrogens with zero attached hydrogens (tertiary/aromatic N) is 3. The molecule has 4 rings (SSSR count). The van der Waals surface area contributed by atoms with Crippen LogP contribution in [0.3, 0.4) is 0 Å². The molecule has 2 aromatic heterocycles.